The predicted molar refractivity (Wildman–Crippen MR) is 105 cm³/mol. The van der Waals surface area contributed by atoms with Crippen LogP contribution in [-0.4, -0.2) is 52.3 Å². The molecular weight excluding hydrogens is 390 g/mol. The topological polar surface area (TPSA) is 88.4 Å². The maximum atomic E-state index is 13.7. The molecule has 5 heterocycles. The number of carbonyl (C=O) groups excluding carboxylic acids is 1. The van der Waals surface area contributed by atoms with Crippen molar-refractivity contribution >= 4 is 21.6 Å². The standard InChI is InChI=1S/C20H23N5O3S/c26-19-4-1-13-9-18(10-14-5-8-23(19)20(13)14)29(27,28)24-15-2-3-16(24)12-17(11-15)25-21-6-7-22-25/h6-7,9-10,15-17H,1-5,8,11-12H2. The molecule has 4 aliphatic rings. The van der Waals surface area contributed by atoms with Crippen molar-refractivity contribution in [2.75, 3.05) is 11.4 Å². The average molecular weight is 414 g/mol. The summed E-state index contributed by atoms with van der Waals surface area (Å²) in [6, 6.07) is 3.79. The molecule has 2 aromatic rings. The molecule has 6 rings (SSSR count). The molecule has 0 aliphatic carbocycles. The molecule has 1 aromatic heterocycles. The van der Waals surface area contributed by atoms with Crippen LogP contribution in [0.1, 0.15) is 49.3 Å². The molecule has 0 spiro atoms. The molecule has 2 unspecified atom stereocenters. The fourth-order valence-corrected chi connectivity index (χ4v) is 7.79. The average Bonchev–Trinajstić information content (AvgIpc) is 3.44. The number of fused-ring (bicyclic) bond motifs is 2. The van der Waals surface area contributed by atoms with Crippen LogP contribution >= 0.6 is 0 Å². The lowest BCUT2D eigenvalue weighted by Gasteiger charge is -2.37. The first-order valence-electron chi connectivity index (χ1n) is 10.4. The van der Waals surface area contributed by atoms with E-state index in [1.165, 1.54) is 0 Å². The molecule has 4 aliphatic heterocycles. The Kier molecular flexibility index (Phi) is 3.71. The minimum absolute atomic E-state index is 0.00237. The number of carbonyl (C=O) groups is 1. The van der Waals surface area contributed by atoms with Gasteiger partial charge < -0.3 is 4.90 Å². The second-order valence-electron chi connectivity index (χ2n) is 8.58. The summed E-state index contributed by atoms with van der Waals surface area (Å²) in [5.41, 5.74) is 2.96. The van der Waals surface area contributed by atoms with Crippen molar-refractivity contribution in [3.8, 4) is 0 Å². The quantitative estimate of drug-likeness (QED) is 0.764. The molecule has 8 nitrogen and oxygen atoms in total. The van der Waals surface area contributed by atoms with E-state index in [0.29, 0.717) is 24.3 Å². The van der Waals surface area contributed by atoms with Crippen LogP contribution in [0.15, 0.2) is 29.4 Å². The lowest BCUT2D eigenvalue weighted by Crippen LogP contribution is -2.47. The van der Waals surface area contributed by atoms with Gasteiger partial charge in [-0.2, -0.15) is 19.3 Å². The van der Waals surface area contributed by atoms with E-state index >= 15 is 0 Å². The van der Waals surface area contributed by atoms with Crippen molar-refractivity contribution in [2.45, 2.75) is 68.0 Å². The summed E-state index contributed by atoms with van der Waals surface area (Å²) < 4.78 is 29.1. The van der Waals surface area contributed by atoms with E-state index in [9.17, 15) is 13.2 Å². The third-order valence-electron chi connectivity index (χ3n) is 7.01. The number of amides is 1. The Balaban J connectivity index is 1.35. The zero-order valence-electron chi connectivity index (χ0n) is 16.1. The Labute approximate surface area is 169 Å². The molecule has 0 saturated carbocycles. The van der Waals surface area contributed by atoms with Crippen molar-refractivity contribution in [1.29, 1.82) is 0 Å². The minimum Gasteiger partial charge on any atom is -0.312 e. The van der Waals surface area contributed by atoms with Gasteiger partial charge in [-0.05, 0) is 61.8 Å². The highest BCUT2D eigenvalue weighted by Crippen LogP contribution is 2.45. The van der Waals surface area contributed by atoms with Crippen LogP contribution in [0.4, 0.5) is 5.69 Å². The van der Waals surface area contributed by atoms with E-state index in [4.69, 9.17) is 0 Å². The van der Waals surface area contributed by atoms with Crippen LogP contribution in [0.3, 0.4) is 0 Å². The first kappa shape index (κ1) is 17.6. The highest BCUT2D eigenvalue weighted by molar-refractivity contribution is 7.89. The predicted octanol–water partition coefficient (Wildman–Crippen LogP) is 1.67. The first-order chi connectivity index (χ1) is 14.0. The zero-order valence-corrected chi connectivity index (χ0v) is 16.9. The van der Waals surface area contributed by atoms with Crippen LogP contribution < -0.4 is 4.90 Å². The molecule has 2 atom stereocenters. The highest BCUT2D eigenvalue weighted by atomic mass is 32.2. The molecule has 152 valence electrons. The summed E-state index contributed by atoms with van der Waals surface area (Å²) in [5.74, 6) is 0.152. The van der Waals surface area contributed by atoms with E-state index < -0.39 is 10.0 Å². The SMILES string of the molecule is O=C1CCc2cc(S(=O)(=O)N3C4CCC3CC(n3nccn3)C4)cc3c2N1CC3. The Morgan fingerprint density at radius 3 is 2.24 bits per heavy atom. The van der Waals surface area contributed by atoms with Gasteiger partial charge in [0.2, 0.25) is 15.9 Å². The molecule has 0 N–H and O–H groups in total. The normalized spacial score (nSPS) is 28.8. The van der Waals surface area contributed by atoms with Gasteiger partial charge in [-0.3, -0.25) is 4.79 Å². The number of hydrogen-bond donors (Lipinski definition) is 0. The smallest absolute Gasteiger partial charge is 0.243 e. The molecule has 2 bridgehead atoms. The minimum atomic E-state index is -3.57. The lowest BCUT2D eigenvalue weighted by atomic mass is 10.00. The van der Waals surface area contributed by atoms with Gasteiger partial charge in [0, 0.05) is 25.0 Å². The summed E-state index contributed by atoms with van der Waals surface area (Å²) in [6.45, 7) is 0.665. The Bertz CT molecular complexity index is 1080. The molecule has 0 radical (unpaired) electrons. The van der Waals surface area contributed by atoms with Gasteiger partial charge in [0.25, 0.3) is 0 Å². The number of piperidine rings is 1. The third-order valence-corrected chi connectivity index (χ3v) is 8.99. The number of sulfonamides is 1. The number of hydrogen-bond acceptors (Lipinski definition) is 5. The van der Waals surface area contributed by atoms with E-state index in [1.54, 1.807) is 21.5 Å². The number of anilines is 1. The first-order valence-corrected chi connectivity index (χ1v) is 11.8. The number of nitrogens with zero attached hydrogens (tertiary/aromatic N) is 5. The third kappa shape index (κ3) is 2.53. The molecule has 2 saturated heterocycles. The van der Waals surface area contributed by atoms with Crippen molar-refractivity contribution in [2.24, 2.45) is 0 Å². The second kappa shape index (κ2) is 6.12. The Hall–Kier alpha value is -2.26. The van der Waals surface area contributed by atoms with Crippen molar-refractivity contribution < 1.29 is 13.2 Å². The second-order valence-corrected chi connectivity index (χ2v) is 10.4. The monoisotopic (exact) mass is 413 g/mol. The fourth-order valence-electron chi connectivity index (χ4n) is 5.80. The summed E-state index contributed by atoms with van der Waals surface area (Å²) in [4.78, 5) is 16.1. The lowest BCUT2D eigenvalue weighted by molar-refractivity contribution is -0.118. The fraction of sp³-hybridized carbons (Fsp3) is 0.550. The van der Waals surface area contributed by atoms with Gasteiger partial charge >= 0.3 is 0 Å². The molecule has 1 amide bonds. The van der Waals surface area contributed by atoms with Gasteiger partial charge in [-0.25, -0.2) is 8.42 Å². The van der Waals surface area contributed by atoms with Crippen LogP contribution in [0.2, 0.25) is 0 Å². The van der Waals surface area contributed by atoms with Crippen LogP contribution in [-0.2, 0) is 27.7 Å². The Morgan fingerprint density at radius 1 is 0.897 bits per heavy atom. The van der Waals surface area contributed by atoms with Crippen molar-refractivity contribution in [3.05, 3.63) is 35.7 Å². The van der Waals surface area contributed by atoms with Crippen molar-refractivity contribution in [3.63, 3.8) is 0 Å². The maximum Gasteiger partial charge on any atom is 0.243 e. The zero-order chi connectivity index (χ0) is 19.8. The number of aromatic nitrogens is 3. The molecular formula is C20H23N5O3S. The molecule has 9 heteroatoms. The van der Waals surface area contributed by atoms with E-state index in [0.717, 1.165) is 48.9 Å². The largest absolute Gasteiger partial charge is 0.312 e. The summed E-state index contributed by atoms with van der Waals surface area (Å²) in [5, 5.41) is 8.54. The van der Waals surface area contributed by atoms with Crippen molar-refractivity contribution in [1.82, 2.24) is 19.3 Å². The molecule has 29 heavy (non-hydrogen) atoms. The van der Waals surface area contributed by atoms with Gasteiger partial charge in [0.1, 0.15) is 0 Å². The summed E-state index contributed by atoms with van der Waals surface area (Å²) in [6.07, 6.45) is 8.46. The van der Waals surface area contributed by atoms with E-state index in [-0.39, 0.29) is 24.0 Å². The van der Waals surface area contributed by atoms with Gasteiger partial charge in [-0.1, -0.05) is 0 Å². The number of aryl methyl sites for hydroxylation is 1. The van der Waals surface area contributed by atoms with Crippen LogP contribution in [0, 0.1) is 0 Å². The van der Waals surface area contributed by atoms with Crippen LogP contribution in [0.25, 0.3) is 0 Å². The number of benzene rings is 1. The number of rotatable bonds is 3. The van der Waals surface area contributed by atoms with Gasteiger partial charge in [0.05, 0.1) is 29.0 Å². The Morgan fingerprint density at radius 2 is 1.55 bits per heavy atom. The highest BCUT2D eigenvalue weighted by Gasteiger charge is 2.48. The van der Waals surface area contributed by atoms with Gasteiger partial charge in [-0.15, -0.1) is 0 Å². The summed E-state index contributed by atoms with van der Waals surface area (Å²) >= 11 is 0. The molecule has 1 aromatic carbocycles. The van der Waals surface area contributed by atoms with E-state index in [1.807, 2.05) is 17.0 Å². The van der Waals surface area contributed by atoms with Crippen LogP contribution in [0.5, 0.6) is 0 Å². The summed E-state index contributed by atoms with van der Waals surface area (Å²) in [7, 11) is -3.57. The molecule has 2 fully saturated rings. The van der Waals surface area contributed by atoms with Gasteiger partial charge in [0.15, 0.2) is 0 Å². The maximum absolute atomic E-state index is 13.7. The van der Waals surface area contributed by atoms with E-state index in [2.05, 4.69) is 10.2 Å².